The number of hydrogen-bond donors (Lipinski definition) is 1. The molecule has 98 valence electrons. The molecule has 1 unspecified atom stereocenters. The summed E-state index contributed by atoms with van der Waals surface area (Å²) in [6, 6.07) is 8.45. The van der Waals surface area contributed by atoms with Crippen LogP contribution in [0.3, 0.4) is 0 Å². The fourth-order valence-corrected chi connectivity index (χ4v) is 2.98. The number of aromatic nitrogens is 2. The third-order valence-electron chi connectivity index (χ3n) is 3.75. The minimum absolute atomic E-state index is 0.0921. The summed E-state index contributed by atoms with van der Waals surface area (Å²) in [6.07, 6.45) is 3.30. The number of hydrogen-bond acceptors (Lipinski definition) is 2. The van der Waals surface area contributed by atoms with Gasteiger partial charge in [0.1, 0.15) is 10.3 Å². The maximum atomic E-state index is 11.9. The smallest absolute Gasteiger partial charge is 0.265 e. The van der Waals surface area contributed by atoms with Crippen molar-refractivity contribution in [3.8, 4) is 0 Å². The molecule has 19 heavy (non-hydrogen) atoms. The first kappa shape index (κ1) is 12.6. The number of halogens is 1. The Morgan fingerprint density at radius 2 is 2.16 bits per heavy atom. The van der Waals surface area contributed by atoms with E-state index in [1.165, 1.54) is 11.1 Å². The Morgan fingerprint density at radius 3 is 2.95 bits per heavy atom. The Kier molecular flexibility index (Phi) is 3.27. The third kappa shape index (κ3) is 2.25. The van der Waals surface area contributed by atoms with Crippen molar-refractivity contribution in [2.75, 3.05) is 0 Å². The van der Waals surface area contributed by atoms with E-state index < -0.39 is 0 Å². The van der Waals surface area contributed by atoms with E-state index in [2.05, 4.69) is 50.2 Å². The van der Waals surface area contributed by atoms with Crippen LogP contribution in [-0.4, -0.2) is 9.97 Å². The second-order valence-corrected chi connectivity index (χ2v) is 5.79. The summed E-state index contributed by atoms with van der Waals surface area (Å²) in [6.45, 7) is 1.86. The largest absolute Gasteiger partial charge is 0.309 e. The quantitative estimate of drug-likeness (QED) is 0.876. The molecular weight excluding hydrogens is 304 g/mol. The first-order valence-corrected chi connectivity index (χ1v) is 7.30. The van der Waals surface area contributed by atoms with Gasteiger partial charge in [-0.3, -0.25) is 4.79 Å². The zero-order valence-corrected chi connectivity index (χ0v) is 12.3. The van der Waals surface area contributed by atoms with Crippen molar-refractivity contribution in [2.24, 2.45) is 0 Å². The molecule has 0 saturated carbocycles. The maximum Gasteiger partial charge on any atom is 0.265 e. The molecule has 0 amide bonds. The first-order valence-electron chi connectivity index (χ1n) is 6.51. The Hall–Kier alpha value is -1.42. The van der Waals surface area contributed by atoms with Gasteiger partial charge < -0.3 is 4.98 Å². The van der Waals surface area contributed by atoms with Gasteiger partial charge >= 0.3 is 0 Å². The summed E-state index contributed by atoms with van der Waals surface area (Å²) in [5.74, 6) is 1.00. The molecule has 0 saturated heterocycles. The fraction of sp³-hybridized carbons (Fsp3) is 0.333. The van der Waals surface area contributed by atoms with Crippen LogP contribution in [0.4, 0.5) is 0 Å². The predicted octanol–water partition coefficient (Wildman–Crippen LogP) is 3.31. The monoisotopic (exact) mass is 318 g/mol. The van der Waals surface area contributed by atoms with Gasteiger partial charge in [0.2, 0.25) is 0 Å². The number of aryl methyl sites for hydroxylation is 2. The summed E-state index contributed by atoms with van der Waals surface area (Å²) in [4.78, 5) is 19.3. The van der Waals surface area contributed by atoms with Crippen molar-refractivity contribution >= 4 is 15.9 Å². The molecule has 1 aliphatic carbocycles. The number of benzene rings is 1. The highest BCUT2D eigenvalue weighted by Crippen LogP contribution is 2.34. The molecule has 3 rings (SSSR count). The molecule has 1 heterocycles. The Bertz CT molecular complexity index is 678. The lowest BCUT2D eigenvalue weighted by atomic mass is 9.82. The van der Waals surface area contributed by atoms with Crippen molar-refractivity contribution in [3.05, 3.63) is 61.7 Å². The average molecular weight is 319 g/mol. The highest BCUT2D eigenvalue weighted by atomic mass is 79.9. The van der Waals surface area contributed by atoms with E-state index in [1.807, 2.05) is 6.92 Å². The lowest BCUT2D eigenvalue weighted by Gasteiger charge is -2.24. The van der Waals surface area contributed by atoms with Crippen LogP contribution in [0.2, 0.25) is 0 Å². The summed E-state index contributed by atoms with van der Waals surface area (Å²) in [5, 5.41) is 0. The van der Waals surface area contributed by atoms with Gasteiger partial charge in [-0.15, -0.1) is 0 Å². The highest BCUT2D eigenvalue weighted by molar-refractivity contribution is 9.10. The Morgan fingerprint density at radius 1 is 1.37 bits per heavy atom. The predicted molar refractivity (Wildman–Crippen MR) is 78.5 cm³/mol. The Balaban J connectivity index is 2.12. The van der Waals surface area contributed by atoms with Crippen LogP contribution in [-0.2, 0) is 6.42 Å². The van der Waals surface area contributed by atoms with E-state index in [4.69, 9.17) is 0 Å². The number of fused-ring (bicyclic) bond motifs is 1. The minimum atomic E-state index is -0.0921. The lowest BCUT2D eigenvalue weighted by molar-refractivity contribution is 0.586. The van der Waals surface area contributed by atoms with Crippen LogP contribution in [0.15, 0.2) is 33.5 Å². The number of aromatic amines is 1. The molecule has 1 aromatic heterocycles. The summed E-state index contributed by atoms with van der Waals surface area (Å²) in [5.41, 5.74) is 3.34. The second-order valence-electron chi connectivity index (χ2n) is 4.99. The molecule has 1 N–H and O–H groups in total. The van der Waals surface area contributed by atoms with Gasteiger partial charge in [0.15, 0.2) is 0 Å². The van der Waals surface area contributed by atoms with E-state index in [1.54, 1.807) is 0 Å². The molecule has 1 atom stereocenters. The lowest BCUT2D eigenvalue weighted by Crippen LogP contribution is -2.20. The van der Waals surface area contributed by atoms with E-state index in [9.17, 15) is 4.79 Å². The maximum absolute atomic E-state index is 11.9. The van der Waals surface area contributed by atoms with Crippen LogP contribution >= 0.6 is 15.9 Å². The van der Waals surface area contributed by atoms with Gasteiger partial charge in [-0.25, -0.2) is 4.98 Å². The molecule has 1 aromatic carbocycles. The zero-order chi connectivity index (χ0) is 13.4. The van der Waals surface area contributed by atoms with Crippen LogP contribution in [0.1, 0.15) is 41.4 Å². The SMILES string of the molecule is Cc1nc(C2CCCc3ccccc32)[nH]c(=O)c1Br. The van der Waals surface area contributed by atoms with E-state index in [0.717, 1.165) is 30.8 Å². The van der Waals surface area contributed by atoms with Gasteiger partial charge in [-0.1, -0.05) is 24.3 Å². The molecular formula is C15H15BrN2O. The van der Waals surface area contributed by atoms with Gasteiger partial charge in [0.25, 0.3) is 5.56 Å². The van der Waals surface area contributed by atoms with Crippen molar-refractivity contribution in [3.63, 3.8) is 0 Å². The van der Waals surface area contributed by atoms with E-state index in [-0.39, 0.29) is 11.5 Å². The van der Waals surface area contributed by atoms with Gasteiger partial charge in [0, 0.05) is 5.92 Å². The topological polar surface area (TPSA) is 45.8 Å². The third-order valence-corrected chi connectivity index (χ3v) is 4.68. The fourth-order valence-electron chi connectivity index (χ4n) is 2.80. The molecule has 0 bridgehead atoms. The average Bonchev–Trinajstić information content (AvgIpc) is 2.43. The molecule has 3 nitrogen and oxygen atoms in total. The van der Waals surface area contributed by atoms with Crippen LogP contribution < -0.4 is 5.56 Å². The number of nitrogens with zero attached hydrogens (tertiary/aromatic N) is 1. The van der Waals surface area contributed by atoms with Crippen molar-refractivity contribution in [1.82, 2.24) is 9.97 Å². The van der Waals surface area contributed by atoms with Crippen molar-refractivity contribution in [2.45, 2.75) is 32.1 Å². The Labute approximate surface area is 120 Å². The molecule has 1 aliphatic rings. The molecule has 0 spiro atoms. The van der Waals surface area contributed by atoms with Crippen LogP contribution in [0.5, 0.6) is 0 Å². The van der Waals surface area contributed by atoms with Gasteiger partial charge in [-0.05, 0) is 53.2 Å². The molecule has 0 fully saturated rings. The second kappa shape index (κ2) is 4.93. The van der Waals surface area contributed by atoms with Crippen molar-refractivity contribution < 1.29 is 0 Å². The molecule has 0 aliphatic heterocycles. The summed E-state index contributed by atoms with van der Waals surface area (Å²) in [7, 11) is 0. The number of rotatable bonds is 1. The normalized spacial score (nSPS) is 18.1. The number of H-pyrrole nitrogens is 1. The van der Waals surface area contributed by atoms with E-state index >= 15 is 0 Å². The zero-order valence-electron chi connectivity index (χ0n) is 10.7. The summed E-state index contributed by atoms with van der Waals surface area (Å²) >= 11 is 3.26. The molecule has 0 radical (unpaired) electrons. The van der Waals surface area contributed by atoms with E-state index in [0.29, 0.717) is 4.47 Å². The highest BCUT2D eigenvalue weighted by Gasteiger charge is 2.23. The summed E-state index contributed by atoms with van der Waals surface area (Å²) < 4.78 is 0.528. The standard InChI is InChI=1S/C15H15BrN2O/c1-9-13(16)15(19)18-14(17-9)12-8-4-6-10-5-2-3-7-11(10)12/h2-3,5,7,12H,4,6,8H2,1H3,(H,17,18,19). The van der Waals surface area contributed by atoms with Gasteiger partial charge in [-0.2, -0.15) is 0 Å². The molecule has 4 heteroatoms. The van der Waals surface area contributed by atoms with Gasteiger partial charge in [0.05, 0.1) is 5.69 Å². The molecule has 2 aromatic rings. The number of nitrogens with one attached hydrogen (secondary N) is 1. The van der Waals surface area contributed by atoms with Crippen LogP contribution in [0.25, 0.3) is 0 Å². The van der Waals surface area contributed by atoms with Crippen molar-refractivity contribution in [1.29, 1.82) is 0 Å². The minimum Gasteiger partial charge on any atom is -0.309 e. The first-order chi connectivity index (χ1) is 9.16. The van der Waals surface area contributed by atoms with Crippen LogP contribution in [0, 0.1) is 6.92 Å².